The van der Waals surface area contributed by atoms with Crippen LogP contribution in [0.25, 0.3) is 11.4 Å². The molecule has 0 unspecified atom stereocenters. The molecule has 0 radical (unpaired) electrons. The summed E-state index contributed by atoms with van der Waals surface area (Å²) in [6.07, 6.45) is 0.591. The Kier molecular flexibility index (Phi) is 5.66. The largest absolute Gasteiger partial charge is 0.483 e. The zero-order valence-electron chi connectivity index (χ0n) is 19.1. The Labute approximate surface area is 201 Å². The van der Waals surface area contributed by atoms with Crippen LogP contribution in [-0.2, 0) is 32.6 Å². The van der Waals surface area contributed by atoms with Gasteiger partial charge in [0.1, 0.15) is 11.6 Å². The molecule has 11 heteroatoms. The highest BCUT2D eigenvalue weighted by atomic mass is 32.2. The number of fused-ring (bicyclic) bond motifs is 2. The zero-order chi connectivity index (χ0) is 24.9. The molecule has 1 aromatic heterocycles. The quantitative estimate of drug-likeness (QED) is 0.532. The molecule has 0 saturated carbocycles. The molecule has 0 fully saturated rings. The van der Waals surface area contributed by atoms with Gasteiger partial charge in [0.2, 0.25) is 0 Å². The molecular weight excluding hydrogens is 478 g/mol. The van der Waals surface area contributed by atoms with Crippen molar-refractivity contribution in [3.05, 3.63) is 64.9 Å². The van der Waals surface area contributed by atoms with Gasteiger partial charge in [0.15, 0.2) is 33.9 Å². The fourth-order valence-corrected chi connectivity index (χ4v) is 5.77. The molecule has 2 aromatic carbocycles. The molecule has 0 spiro atoms. The molecule has 2 aliphatic heterocycles. The number of likely N-dealkylation sites (N-methyl/N-ethyl adjacent to an activating group) is 1. The van der Waals surface area contributed by atoms with Crippen molar-refractivity contribution in [2.24, 2.45) is 0 Å². The van der Waals surface area contributed by atoms with Gasteiger partial charge in [-0.15, -0.1) is 0 Å². The molecule has 182 valence electrons. The number of hydrogen-bond donors (Lipinski definition) is 0. The van der Waals surface area contributed by atoms with E-state index in [9.17, 15) is 22.0 Å². The highest BCUT2D eigenvalue weighted by molar-refractivity contribution is 7.90. The van der Waals surface area contributed by atoms with E-state index in [4.69, 9.17) is 4.74 Å². The molecule has 35 heavy (non-hydrogen) atoms. The first-order chi connectivity index (χ1) is 16.6. The summed E-state index contributed by atoms with van der Waals surface area (Å²) in [4.78, 5) is 24.3. The van der Waals surface area contributed by atoms with Crippen molar-refractivity contribution in [3.8, 4) is 17.1 Å². The molecule has 2 aliphatic rings. The van der Waals surface area contributed by atoms with Crippen LogP contribution in [0, 0.1) is 11.6 Å². The number of amides is 1. The summed E-state index contributed by atoms with van der Waals surface area (Å²) < 4.78 is 58.1. The second-order valence-corrected chi connectivity index (χ2v) is 10.8. The summed E-state index contributed by atoms with van der Waals surface area (Å²) in [5.74, 6) is -1.55. The predicted octanol–water partition coefficient (Wildman–Crippen LogP) is 3.01. The Morgan fingerprint density at radius 2 is 1.89 bits per heavy atom. The number of carbonyl (C=O) groups excluding carboxylic acids is 1. The first kappa shape index (κ1) is 23.2. The number of anilines is 2. The van der Waals surface area contributed by atoms with Gasteiger partial charge in [-0.05, 0) is 36.8 Å². The van der Waals surface area contributed by atoms with Crippen LogP contribution in [-0.4, -0.2) is 56.4 Å². The zero-order valence-corrected chi connectivity index (χ0v) is 19.9. The topological polar surface area (TPSA) is 92.7 Å². The van der Waals surface area contributed by atoms with Gasteiger partial charge in [-0.2, -0.15) is 0 Å². The maximum absolute atomic E-state index is 13.9. The smallest absolute Gasteiger partial charge is 0.259 e. The lowest BCUT2D eigenvalue weighted by Crippen LogP contribution is -2.27. The molecule has 3 heterocycles. The van der Waals surface area contributed by atoms with Crippen LogP contribution in [0.1, 0.15) is 16.8 Å². The monoisotopic (exact) mass is 500 g/mol. The lowest BCUT2D eigenvalue weighted by Gasteiger charge is -2.22. The Hall–Kier alpha value is -3.60. The van der Waals surface area contributed by atoms with Crippen LogP contribution in [0.5, 0.6) is 5.75 Å². The number of rotatable bonds is 5. The van der Waals surface area contributed by atoms with E-state index in [1.165, 1.54) is 11.0 Å². The number of carbonyl (C=O) groups is 1. The highest BCUT2D eigenvalue weighted by Crippen LogP contribution is 2.42. The van der Waals surface area contributed by atoms with Crippen molar-refractivity contribution in [2.45, 2.75) is 17.9 Å². The van der Waals surface area contributed by atoms with E-state index in [2.05, 4.69) is 9.97 Å². The summed E-state index contributed by atoms with van der Waals surface area (Å²) >= 11 is 0. The Morgan fingerprint density at radius 1 is 1.09 bits per heavy atom. The van der Waals surface area contributed by atoms with Gasteiger partial charge in [0.05, 0.1) is 17.2 Å². The molecular formula is C24H22F2N4O4S. The summed E-state index contributed by atoms with van der Waals surface area (Å²) in [5.41, 5.74) is 2.75. The van der Waals surface area contributed by atoms with Crippen molar-refractivity contribution < 1.29 is 26.7 Å². The molecule has 0 atom stereocenters. The van der Waals surface area contributed by atoms with E-state index in [0.29, 0.717) is 35.8 Å². The standard InChI is InChI=1S/C24H22F2N4O4S/c1-29(2)22(31)11-34-21-5-3-4-20-15(21)8-9-30(20)24-16-12-35(32,33)13-19(16)27-23(28-24)14-6-7-17(25)18(26)10-14/h3-7,10H,8-9,11-13H2,1-2H3. The van der Waals surface area contributed by atoms with Gasteiger partial charge in [-0.25, -0.2) is 27.2 Å². The van der Waals surface area contributed by atoms with E-state index in [1.54, 1.807) is 26.2 Å². The average molecular weight is 501 g/mol. The van der Waals surface area contributed by atoms with Crippen LogP contribution in [0.15, 0.2) is 36.4 Å². The number of hydrogen-bond acceptors (Lipinski definition) is 7. The molecule has 8 nitrogen and oxygen atoms in total. The molecule has 3 aromatic rings. The molecule has 5 rings (SSSR count). The third kappa shape index (κ3) is 4.31. The number of sulfone groups is 1. The first-order valence-corrected chi connectivity index (χ1v) is 12.7. The van der Waals surface area contributed by atoms with E-state index in [-0.39, 0.29) is 35.4 Å². The molecule has 1 amide bonds. The third-order valence-electron chi connectivity index (χ3n) is 6.06. The minimum absolute atomic E-state index is 0.106. The van der Waals surface area contributed by atoms with Crippen molar-refractivity contribution in [2.75, 3.05) is 32.1 Å². The molecule has 0 N–H and O–H groups in total. The summed E-state index contributed by atoms with van der Waals surface area (Å²) in [5, 5.41) is 0. The van der Waals surface area contributed by atoms with Crippen LogP contribution in [0.4, 0.5) is 20.3 Å². The van der Waals surface area contributed by atoms with Crippen molar-refractivity contribution in [3.63, 3.8) is 0 Å². The fourth-order valence-electron chi connectivity index (χ4n) is 4.28. The van der Waals surface area contributed by atoms with E-state index >= 15 is 0 Å². The third-order valence-corrected chi connectivity index (χ3v) is 7.50. The SMILES string of the molecule is CN(C)C(=O)COc1cccc2c1CCN2c1nc(-c2ccc(F)c(F)c2)nc2c1CS(=O)(=O)C2. The predicted molar refractivity (Wildman–Crippen MR) is 125 cm³/mol. The normalized spacial score (nSPS) is 15.6. The maximum atomic E-state index is 13.9. The van der Waals surface area contributed by atoms with Crippen molar-refractivity contribution in [1.82, 2.24) is 14.9 Å². The fraction of sp³-hybridized carbons (Fsp3) is 0.292. The van der Waals surface area contributed by atoms with Gasteiger partial charge >= 0.3 is 0 Å². The van der Waals surface area contributed by atoms with Crippen LogP contribution >= 0.6 is 0 Å². The Bertz CT molecular complexity index is 1460. The molecule has 0 saturated heterocycles. The van der Waals surface area contributed by atoms with E-state index in [0.717, 1.165) is 23.4 Å². The highest BCUT2D eigenvalue weighted by Gasteiger charge is 2.35. The lowest BCUT2D eigenvalue weighted by molar-refractivity contribution is -0.130. The molecule has 0 bridgehead atoms. The second kappa shape index (κ2) is 8.56. The van der Waals surface area contributed by atoms with Crippen LogP contribution in [0.2, 0.25) is 0 Å². The molecule has 0 aliphatic carbocycles. The minimum Gasteiger partial charge on any atom is -0.483 e. The first-order valence-electron chi connectivity index (χ1n) is 10.9. The number of ether oxygens (including phenoxy) is 1. The average Bonchev–Trinajstić information content (AvgIpc) is 3.38. The lowest BCUT2D eigenvalue weighted by atomic mass is 10.1. The summed E-state index contributed by atoms with van der Waals surface area (Å²) in [7, 11) is -0.113. The van der Waals surface area contributed by atoms with Crippen LogP contribution < -0.4 is 9.64 Å². The number of halogens is 2. The van der Waals surface area contributed by atoms with Crippen molar-refractivity contribution >= 4 is 27.2 Å². The maximum Gasteiger partial charge on any atom is 0.259 e. The summed E-state index contributed by atoms with van der Waals surface area (Å²) in [6, 6.07) is 8.79. The Morgan fingerprint density at radius 3 is 2.63 bits per heavy atom. The second-order valence-electron chi connectivity index (χ2n) is 8.69. The minimum atomic E-state index is -3.41. The van der Waals surface area contributed by atoms with Gasteiger partial charge in [-0.1, -0.05) is 6.07 Å². The van der Waals surface area contributed by atoms with Crippen molar-refractivity contribution in [1.29, 1.82) is 0 Å². The number of benzene rings is 2. The number of aromatic nitrogens is 2. The van der Waals surface area contributed by atoms with Gasteiger partial charge < -0.3 is 14.5 Å². The van der Waals surface area contributed by atoms with Gasteiger partial charge in [-0.3, -0.25) is 4.79 Å². The van der Waals surface area contributed by atoms with Gasteiger partial charge in [0.25, 0.3) is 5.91 Å². The van der Waals surface area contributed by atoms with E-state index in [1.807, 2.05) is 11.0 Å². The van der Waals surface area contributed by atoms with Gasteiger partial charge in [0, 0.05) is 43.0 Å². The summed E-state index contributed by atoms with van der Waals surface area (Å²) in [6.45, 7) is 0.392. The number of nitrogens with zero attached hydrogens (tertiary/aromatic N) is 4. The Balaban J connectivity index is 1.57. The van der Waals surface area contributed by atoms with E-state index < -0.39 is 21.5 Å². The van der Waals surface area contributed by atoms with Crippen LogP contribution in [0.3, 0.4) is 0 Å².